The Morgan fingerprint density at radius 1 is 0.895 bits per heavy atom. The number of carbonyl (C=O) groups is 3. The minimum atomic E-state index is -0.573. The van der Waals surface area contributed by atoms with E-state index in [2.05, 4.69) is 38.2 Å². The Bertz CT molecular complexity index is 1290. The van der Waals surface area contributed by atoms with E-state index in [1.807, 2.05) is 24.3 Å². The first-order valence-electron chi connectivity index (χ1n) is 13.8. The number of amides is 3. The van der Waals surface area contributed by atoms with Crippen molar-refractivity contribution < 1.29 is 14.4 Å². The third kappa shape index (κ3) is 3.83. The molecule has 9 heteroatoms. The van der Waals surface area contributed by atoms with Gasteiger partial charge in [-0.2, -0.15) is 0 Å². The van der Waals surface area contributed by atoms with Crippen molar-refractivity contribution in [1.29, 1.82) is 0 Å². The van der Waals surface area contributed by atoms with Crippen LogP contribution in [0.1, 0.15) is 41.6 Å². The van der Waals surface area contributed by atoms with Crippen LogP contribution in [0, 0.1) is 5.41 Å². The summed E-state index contributed by atoms with van der Waals surface area (Å²) in [5.41, 5.74) is 11.1. The highest BCUT2D eigenvalue weighted by Crippen LogP contribution is 2.52. The molecule has 0 radical (unpaired) electrons. The Hall–Kier alpha value is -3.59. The van der Waals surface area contributed by atoms with Crippen molar-refractivity contribution in [2.75, 3.05) is 54.8 Å². The zero-order valence-corrected chi connectivity index (χ0v) is 21.6. The minimum Gasteiger partial charge on any atom is -0.399 e. The Kier molecular flexibility index (Phi) is 5.40. The number of piperazine rings is 1. The van der Waals surface area contributed by atoms with Gasteiger partial charge in [0.15, 0.2) is 0 Å². The molecule has 7 rings (SSSR count). The van der Waals surface area contributed by atoms with Gasteiger partial charge in [-0.1, -0.05) is 6.07 Å². The molecular weight excluding hydrogens is 480 g/mol. The largest absolute Gasteiger partial charge is 0.399 e. The Morgan fingerprint density at radius 2 is 1.63 bits per heavy atom. The molecule has 2 aromatic rings. The average molecular weight is 515 g/mol. The standard InChI is InChI=1S/C29H34N6O3/c30-19-4-6-20(7-5-19)32-10-12-33(13-11-32)21-14-29(15-21)17-34(18-29)24-3-1-2-22-23(24)16-35(28(22)38)25-8-9-26(36)31-27(25)37/h1-7,21,25H,8-18,30H2,(H,31,36,37). The van der Waals surface area contributed by atoms with Crippen molar-refractivity contribution in [3.05, 3.63) is 53.6 Å². The van der Waals surface area contributed by atoms with Gasteiger partial charge >= 0.3 is 0 Å². The zero-order chi connectivity index (χ0) is 26.0. The lowest BCUT2D eigenvalue weighted by molar-refractivity contribution is -0.136. The van der Waals surface area contributed by atoms with E-state index >= 15 is 0 Å². The van der Waals surface area contributed by atoms with Gasteiger partial charge in [0.05, 0.1) is 0 Å². The van der Waals surface area contributed by atoms with Crippen molar-refractivity contribution in [2.45, 2.75) is 44.3 Å². The maximum Gasteiger partial charge on any atom is 0.255 e. The number of hydrogen-bond acceptors (Lipinski definition) is 7. The van der Waals surface area contributed by atoms with Gasteiger partial charge in [0.25, 0.3) is 5.91 Å². The van der Waals surface area contributed by atoms with Crippen LogP contribution in [0.15, 0.2) is 42.5 Å². The van der Waals surface area contributed by atoms with Gasteiger partial charge in [-0.3, -0.25) is 24.6 Å². The minimum absolute atomic E-state index is 0.103. The number of nitrogens with one attached hydrogen (secondary N) is 1. The fraction of sp³-hybridized carbons (Fsp3) is 0.483. The predicted molar refractivity (Wildman–Crippen MR) is 145 cm³/mol. The smallest absolute Gasteiger partial charge is 0.255 e. The molecule has 3 N–H and O–H groups in total. The van der Waals surface area contributed by atoms with E-state index in [4.69, 9.17) is 5.73 Å². The summed E-state index contributed by atoms with van der Waals surface area (Å²) in [4.78, 5) is 46.3. The Labute approximate surface area is 222 Å². The zero-order valence-electron chi connectivity index (χ0n) is 21.6. The lowest BCUT2D eigenvalue weighted by atomic mass is 9.60. The van der Waals surface area contributed by atoms with E-state index in [9.17, 15) is 14.4 Å². The number of nitrogens with zero attached hydrogens (tertiary/aromatic N) is 4. The van der Waals surface area contributed by atoms with Crippen LogP contribution in [0.5, 0.6) is 0 Å². The lowest BCUT2D eigenvalue weighted by Gasteiger charge is -2.62. The molecular formula is C29H34N6O3. The summed E-state index contributed by atoms with van der Waals surface area (Å²) in [5, 5.41) is 2.39. The molecule has 0 aromatic heterocycles. The number of rotatable bonds is 4. The maximum absolute atomic E-state index is 13.2. The predicted octanol–water partition coefficient (Wildman–Crippen LogP) is 1.82. The topological polar surface area (TPSA) is 102 Å². The Balaban J connectivity index is 0.949. The molecule has 1 spiro atoms. The third-order valence-corrected chi connectivity index (χ3v) is 9.38. The van der Waals surface area contributed by atoms with Gasteiger partial charge in [-0.25, -0.2) is 0 Å². The number of anilines is 3. The molecule has 3 amide bonds. The Morgan fingerprint density at radius 3 is 2.34 bits per heavy atom. The molecule has 1 unspecified atom stereocenters. The van der Waals surface area contributed by atoms with Crippen molar-refractivity contribution in [3.8, 4) is 0 Å². The van der Waals surface area contributed by atoms with Gasteiger partial charge in [0.2, 0.25) is 11.8 Å². The van der Waals surface area contributed by atoms with E-state index in [-0.39, 0.29) is 24.1 Å². The number of nitrogens with two attached hydrogens (primary N) is 1. The summed E-state index contributed by atoms with van der Waals surface area (Å²) < 4.78 is 0. The van der Waals surface area contributed by atoms with Crippen molar-refractivity contribution in [1.82, 2.24) is 15.1 Å². The summed E-state index contributed by atoms with van der Waals surface area (Å²) >= 11 is 0. The van der Waals surface area contributed by atoms with Crippen molar-refractivity contribution >= 4 is 34.8 Å². The molecule has 5 aliphatic rings. The van der Waals surface area contributed by atoms with E-state index < -0.39 is 6.04 Å². The molecule has 4 aliphatic heterocycles. The number of hydrogen-bond donors (Lipinski definition) is 2. The SMILES string of the molecule is Nc1ccc(N2CCN(C3CC4(C3)CN(c3cccc5c3CN(C3CCC(=O)NC3=O)C5=O)C4)CC2)cc1. The number of nitrogen functional groups attached to an aromatic ring is 1. The fourth-order valence-corrected chi connectivity index (χ4v) is 7.29. The average Bonchev–Trinajstić information content (AvgIpc) is 3.20. The maximum atomic E-state index is 13.2. The number of imide groups is 1. The van der Waals surface area contributed by atoms with Gasteiger partial charge in [0.1, 0.15) is 6.04 Å². The number of benzene rings is 2. The molecule has 38 heavy (non-hydrogen) atoms. The van der Waals surface area contributed by atoms with Crippen LogP contribution in [0.3, 0.4) is 0 Å². The van der Waals surface area contributed by atoms with Crippen LogP contribution in [-0.4, -0.2) is 78.9 Å². The second kappa shape index (κ2) is 8.73. The highest BCUT2D eigenvalue weighted by Gasteiger charge is 2.54. The summed E-state index contributed by atoms with van der Waals surface area (Å²) in [6.45, 7) is 6.77. The molecule has 3 saturated heterocycles. The number of carbonyl (C=O) groups excluding carboxylic acids is 3. The highest BCUT2D eigenvalue weighted by molar-refractivity contribution is 6.06. The number of piperidine rings is 1. The summed E-state index contributed by atoms with van der Waals surface area (Å²) in [5.74, 6) is -0.723. The molecule has 1 aliphatic carbocycles. The fourth-order valence-electron chi connectivity index (χ4n) is 7.29. The highest BCUT2D eigenvalue weighted by atomic mass is 16.2. The molecule has 1 saturated carbocycles. The molecule has 9 nitrogen and oxygen atoms in total. The van der Waals surface area contributed by atoms with Crippen LogP contribution in [-0.2, 0) is 16.1 Å². The first-order valence-corrected chi connectivity index (χ1v) is 13.8. The number of fused-ring (bicyclic) bond motifs is 1. The van der Waals surface area contributed by atoms with Crippen LogP contribution in [0.25, 0.3) is 0 Å². The van der Waals surface area contributed by atoms with E-state index in [0.717, 1.165) is 56.2 Å². The van der Waals surface area contributed by atoms with Gasteiger partial charge in [-0.05, 0) is 55.7 Å². The molecule has 0 bridgehead atoms. The summed E-state index contributed by atoms with van der Waals surface area (Å²) in [7, 11) is 0. The molecule has 1 atom stereocenters. The lowest BCUT2D eigenvalue weighted by Crippen LogP contribution is -2.68. The van der Waals surface area contributed by atoms with Crippen LogP contribution in [0.2, 0.25) is 0 Å². The van der Waals surface area contributed by atoms with Crippen LogP contribution < -0.4 is 20.9 Å². The summed E-state index contributed by atoms with van der Waals surface area (Å²) in [6.07, 6.45) is 3.14. The quantitative estimate of drug-likeness (QED) is 0.474. The van der Waals surface area contributed by atoms with Crippen LogP contribution in [0.4, 0.5) is 17.1 Å². The van der Waals surface area contributed by atoms with Crippen molar-refractivity contribution in [2.24, 2.45) is 5.41 Å². The second-order valence-electron chi connectivity index (χ2n) is 11.7. The monoisotopic (exact) mass is 514 g/mol. The molecule has 2 aromatic carbocycles. The molecule has 4 fully saturated rings. The summed E-state index contributed by atoms with van der Waals surface area (Å²) in [6, 6.07) is 14.2. The van der Waals surface area contributed by atoms with Crippen LogP contribution >= 0.6 is 0 Å². The normalized spacial score (nSPS) is 25.3. The second-order valence-corrected chi connectivity index (χ2v) is 11.7. The molecule has 4 heterocycles. The first kappa shape index (κ1) is 23.5. The van der Waals surface area contributed by atoms with Gasteiger partial charge < -0.3 is 20.4 Å². The van der Waals surface area contributed by atoms with E-state index in [1.165, 1.54) is 18.5 Å². The van der Waals surface area contributed by atoms with Crippen molar-refractivity contribution in [3.63, 3.8) is 0 Å². The van der Waals surface area contributed by atoms with E-state index in [0.29, 0.717) is 30.0 Å². The molecule has 198 valence electrons. The van der Waals surface area contributed by atoms with Gasteiger partial charge in [0, 0.05) is 91.9 Å². The van der Waals surface area contributed by atoms with E-state index in [1.54, 1.807) is 4.90 Å². The first-order chi connectivity index (χ1) is 18.4. The third-order valence-electron chi connectivity index (χ3n) is 9.38. The van der Waals surface area contributed by atoms with Gasteiger partial charge in [-0.15, -0.1) is 0 Å².